The van der Waals surface area contributed by atoms with Crippen molar-refractivity contribution in [1.82, 2.24) is 14.4 Å². The zero-order chi connectivity index (χ0) is 27.5. The van der Waals surface area contributed by atoms with Gasteiger partial charge in [0.1, 0.15) is 0 Å². The summed E-state index contributed by atoms with van der Waals surface area (Å²) in [6.45, 7) is 15.6. The summed E-state index contributed by atoms with van der Waals surface area (Å²) >= 11 is 0. The Bertz CT molecular complexity index is 1400. The summed E-state index contributed by atoms with van der Waals surface area (Å²) < 4.78 is 8.13. The molecule has 2 heterocycles. The fraction of sp³-hybridized carbons (Fsp3) is 0.559. The molecule has 3 aliphatic rings. The fourth-order valence-corrected chi connectivity index (χ4v) is 8.27. The van der Waals surface area contributed by atoms with Crippen molar-refractivity contribution in [2.24, 2.45) is 5.41 Å². The number of carbonyl (C=O) groups is 1. The van der Waals surface area contributed by atoms with Crippen molar-refractivity contribution >= 4 is 16.9 Å². The zero-order valence-corrected chi connectivity index (χ0v) is 24.7. The van der Waals surface area contributed by atoms with Gasteiger partial charge in [-0.25, -0.2) is 0 Å². The molecule has 0 amide bonds. The second-order valence-electron chi connectivity index (χ2n) is 13.1. The molecule has 2 aliphatic carbocycles. The first-order chi connectivity index (χ1) is 18.7. The molecule has 5 nitrogen and oxygen atoms in total. The predicted molar refractivity (Wildman–Crippen MR) is 159 cm³/mol. The van der Waals surface area contributed by atoms with Gasteiger partial charge in [-0.05, 0) is 61.6 Å². The molecule has 0 spiro atoms. The topological polar surface area (TPSA) is 37.7 Å². The van der Waals surface area contributed by atoms with E-state index < -0.39 is 5.41 Å². The standard InChI is InChI=1S/C34H45N3O2/c1-23(2)24-12-13-27-26(22-24)30-29(31-33(27,3)14-9-15-34(31,4)32(38)39-6)25-10-7-8-11-28(25)37(30)21-20-36-18-16-35(5)17-19-36/h7-8,10-13,22-23,31H,9,14-21H2,1-6H3/t31-,33-,34-/m1/s1. The smallest absolute Gasteiger partial charge is 0.312 e. The van der Waals surface area contributed by atoms with Crippen LogP contribution in [-0.2, 0) is 21.5 Å². The van der Waals surface area contributed by atoms with Gasteiger partial charge in [-0.2, -0.15) is 0 Å². The van der Waals surface area contributed by atoms with Gasteiger partial charge in [-0.3, -0.25) is 9.69 Å². The minimum atomic E-state index is -0.572. The van der Waals surface area contributed by atoms with E-state index in [1.165, 1.54) is 38.9 Å². The van der Waals surface area contributed by atoms with Crippen LogP contribution in [0, 0.1) is 5.41 Å². The molecule has 0 bridgehead atoms. The van der Waals surface area contributed by atoms with Crippen LogP contribution < -0.4 is 0 Å². The maximum atomic E-state index is 13.6. The van der Waals surface area contributed by atoms with E-state index in [-0.39, 0.29) is 17.3 Å². The highest BCUT2D eigenvalue weighted by molar-refractivity contribution is 5.96. The van der Waals surface area contributed by atoms with Crippen LogP contribution in [0.15, 0.2) is 42.5 Å². The Morgan fingerprint density at radius 2 is 1.77 bits per heavy atom. The van der Waals surface area contributed by atoms with Crippen LogP contribution >= 0.6 is 0 Å². The average molecular weight is 528 g/mol. The number of aromatic nitrogens is 1. The van der Waals surface area contributed by atoms with Crippen LogP contribution in [0.5, 0.6) is 0 Å². The quantitative estimate of drug-likeness (QED) is 0.360. The van der Waals surface area contributed by atoms with E-state index >= 15 is 0 Å². The van der Waals surface area contributed by atoms with E-state index in [1.807, 2.05) is 0 Å². The zero-order valence-electron chi connectivity index (χ0n) is 24.7. The van der Waals surface area contributed by atoms with E-state index in [2.05, 4.69) is 91.6 Å². The third-order valence-electron chi connectivity index (χ3n) is 10.4. The van der Waals surface area contributed by atoms with Gasteiger partial charge in [0.2, 0.25) is 0 Å². The number of rotatable bonds is 5. The number of methoxy groups -OCH3 is 1. The Hall–Kier alpha value is -2.63. The molecular weight excluding hydrogens is 482 g/mol. The number of fused-ring (bicyclic) bond motifs is 8. The number of piperazine rings is 1. The van der Waals surface area contributed by atoms with Crippen LogP contribution in [0.4, 0.5) is 0 Å². The maximum absolute atomic E-state index is 13.6. The molecule has 1 aromatic heterocycles. The summed E-state index contributed by atoms with van der Waals surface area (Å²) in [5.74, 6) is 0.452. The number of hydrogen-bond acceptors (Lipinski definition) is 4. The van der Waals surface area contributed by atoms with Crippen molar-refractivity contribution in [3.8, 4) is 11.3 Å². The van der Waals surface area contributed by atoms with E-state index in [1.54, 1.807) is 7.11 Å². The number of para-hydroxylation sites is 1. The Morgan fingerprint density at radius 1 is 1.03 bits per heavy atom. The summed E-state index contributed by atoms with van der Waals surface area (Å²) in [7, 11) is 3.78. The third-order valence-corrected chi connectivity index (χ3v) is 10.4. The van der Waals surface area contributed by atoms with Crippen molar-refractivity contribution in [2.45, 2.75) is 70.8 Å². The van der Waals surface area contributed by atoms with Gasteiger partial charge in [0.05, 0.1) is 18.2 Å². The van der Waals surface area contributed by atoms with Crippen LogP contribution in [0.25, 0.3) is 22.2 Å². The molecule has 2 aromatic carbocycles. The molecule has 208 valence electrons. The summed E-state index contributed by atoms with van der Waals surface area (Å²) in [5.41, 5.74) is 7.45. The number of carbonyl (C=O) groups excluding carboxylic acids is 1. The predicted octanol–water partition coefficient (Wildman–Crippen LogP) is 6.40. The highest BCUT2D eigenvalue weighted by atomic mass is 16.5. The van der Waals surface area contributed by atoms with Gasteiger partial charge in [-0.1, -0.05) is 57.5 Å². The highest BCUT2D eigenvalue weighted by Gasteiger charge is 2.58. The molecule has 3 atom stereocenters. The monoisotopic (exact) mass is 527 g/mol. The van der Waals surface area contributed by atoms with Crippen molar-refractivity contribution in [3.05, 3.63) is 59.2 Å². The number of esters is 1. The van der Waals surface area contributed by atoms with Gasteiger partial charge in [0.25, 0.3) is 0 Å². The number of benzene rings is 2. The molecule has 0 radical (unpaired) electrons. The lowest BCUT2D eigenvalue weighted by atomic mass is 9.49. The first-order valence-electron chi connectivity index (χ1n) is 14.9. The van der Waals surface area contributed by atoms with Crippen LogP contribution in [-0.4, -0.2) is 67.2 Å². The molecule has 6 rings (SSSR count). The molecular formula is C34H45N3O2. The molecule has 0 unspecified atom stereocenters. The Morgan fingerprint density at radius 3 is 2.49 bits per heavy atom. The number of ether oxygens (including phenoxy) is 1. The van der Waals surface area contributed by atoms with Crippen LogP contribution in [0.1, 0.15) is 75.5 Å². The van der Waals surface area contributed by atoms with Gasteiger partial charge in [0, 0.05) is 67.1 Å². The fourth-order valence-electron chi connectivity index (χ4n) is 8.27. The van der Waals surface area contributed by atoms with Crippen molar-refractivity contribution < 1.29 is 9.53 Å². The molecule has 39 heavy (non-hydrogen) atoms. The van der Waals surface area contributed by atoms with E-state index in [0.29, 0.717) is 5.92 Å². The third kappa shape index (κ3) is 4.07. The lowest BCUT2D eigenvalue weighted by molar-refractivity contribution is -0.157. The largest absolute Gasteiger partial charge is 0.469 e. The molecule has 1 saturated heterocycles. The number of hydrogen-bond donors (Lipinski definition) is 0. The second kappa shape index (κ2) is 9.78. The Labute approximate surface area is 234 Å². The minimum absolute atomic E-state index is 0.0633. The molecule has 3 aromatic rings. The normalized spacial score (nSPS) is 27.3. The van der Waals surface area contributed by atoms with Gasteiger partial charge in [-0.15, -0.1) is 0 Å². The van der Waals surface area contributed by atoms with Crippen molar-refractivity contribution in [2.75, 3.05) is 46.9 Å². The lowest BCUT2D eigenvalue weighted by Gasteiger charge is -2.54. The summed E-state index contributed by atoms with van der Waals surface area (Å²) in [6, 6.07) is 16.1. The first kappa shape index (κ1) is 26.6. The van der Waals surface area contributed by atoms with Crippen molar-refractivity contribution in [3.63, 3.8) is 0 Å². The van der Waals surface area contributed by atoms with Gasteiger partial charge in [0.15, 0.2) is 0 Å². The summed E-state index contributed by atoms with van der Waals surface area (Å²) in [6.07, 6.45) is 2.97. The average Bonchev–Trinajstić information content (AvgIpc) is 3.26. The highest BCUT2D eigenvalue weighted by Crippen LogP contribution is 2.65. The molecule has 1 aliphatic heterocycles. The van der Waals surface area contributed by atoms with Crippen molar-refractivity contribution in [1.29, 1.82) is 0 Å². The van der Waals surface area contributed by atoms with Gasteiger partial charge < -0.3 is 14.2 Å². The summed E-state index contributed by atoms with van der Waals surface area (Å²) in [4.78, 5) is 18.6. The Balaban J connectivity index is 1.60. The summed E-state index contributed by atoms with van der Waals surface area (Å²) in [5, 5.41) is 1.31. The molecule has 1 saturated carbocycles. The SMILES string of the molecule is COC(=O)[C@]1(C)CCC[C@]2(C)c3ccc(C(C)C)cc3-c3c(c4ccccc4n3CCN3CCN(C)CC3)[C@@H]12. The van der Waals surface area contributed by atoms with Gasteiger partial charge >= 0.3 is 5.97 Å². The number of likely N-dealkylation sites (N-methyl/N-ethyl adjacent to an activating group) is 1. The molecule has 5 heteroatoms. The maximum Gasteiger partial charge on any atom is 0.312 e. The van der Waals surface area contributed by atoms with Crippen LogP contribution in [0.3, 0.4) is 0 Å². The van der Waals surface area contributed by atoms with E-state index in [0.717, 1.165) is 58.5 Å². The Kier molecular flexibility index (Phi) is 6.67. The second-order valence-corrected chi connectivity index (χ2v) is 13.1. The van der Waals surface area contributed by atoms with Crippen LogP contribution in [0.2, 0.25) is 0 Å². The lowest BCUT2D eigenvalue weighted by Crippen LogP contribution is -2.50. The number of nitrogens with zero attached hydrogens (tertiary/aromatic N) is 3. The molecule has 0 N–H and O–H groups in total. The first-order valence-corrected chi connectivity index (χ1v) is 14.9. The minimum Gasteiger partial charge on any atom is -0.469 e. The van der Waals surface area contributed by atoms with E-state index in [4.69, 9.17) is 4.74 Å². The van der Waals surface area contributed by atoms with E-state index in [9.17, 15) is 4.79 Å². The molecule has 2 fully saturated rings.